The second kappa shape index (κ2) is 21.6. The molecule has 280 valence electrons. The normalized spacial score (nSPS) is 14.6. The van der Waals surface area contributed by atoms with Gasteiger partial charge in [0, 0.05) is 6.42 Å². The molecule has 49 heavy (non-hydrogen) atoms. The average Bonchev–Trinajstić information content (AvgIpc) is 2.96. The number of aliphatic hydroxyl groups excluding tert-OH is 1. The zero-order valence-electron chi connectivity index (χ0n) is 31.0. The summed E-state index contributed by atoms with van der Waals surface area (Å²) in [6, 6.07) is 6.54. The quantitative estimate of drug-likeness (QED) is 0.0986. The Hall–Kier alpha value is -3.42. The number of nitrogens with zero attached hydrogens (tertiary/aromatic N) is 1. The molecule has 14 heteroatoms. The molecule has 13 nitrogen and oxygen atoms in total. The van der Waals surface area contributed by atoms with Crippen LogP contribution in [0.5, 0.6) is 0 Å². The van der Waals surface area contributed by atoms with Crippen LogP contribution in [0.4, 0.5) is 4.79 Å². The summed E-state index contributed by atoms with van der Waals surface area (Å²) in [4.78, 5) is 64.6. The highest BCUT2D eigenvalue weighted by atomic mass is 35.5. The predicted molar refractivity (Wildman–Crippen MR) is 186 cm³/mol. The lowest BCUT2D eigenvalue weighted by atomic mass is 9.95. The number of quaternary nitrogens is 1. The molecule has 0 aliphatic heterocycles. The molecule has 1 rings (SSSR count). The van der Waals surface area contributed by atoms with Crippen LogP contribution < -0.4 is 39.0 Å². The number of rotatable bonds is 19. The third-order valence-electron chi connectivity index (χ3n) is 7.54. The summed E-state index contributed by atoms with van der Waals surface area (Å²) in [6.45, 7) is 13.5. The van der Waals surface area contributed by atoms with Gasteiger partial charge in [0.2, 0.25) is 23.6 Å². The van der Waals surface area contributed by atoms with Gasteiger partial charge >= 0.3 is 6.09 Å². The standard InChI is InChI=1S/C35H60N6O7.ClH/c1-11-24(4)31(33(46)36-17-18-41(8,9)10)40-29(43)21-28(42)26(19-23(2)3)38-30(44)22-37-32(45)27(20-25-15-13-12-14-16-25)39-34(47)48-35(5,6)7;/h12-16,23-24,26-28,31,42H,11,17-22H2,1-10H3,(H4-,36,37,38,39,40,43,44,45,46,47);1H/t24-,26-,27-,28-,31-;/m0./s1. The molecule has 1 aromatic rings. The first-order valence-electron chi connectivity index (χ1n) is 16.9. The monoisotopic (exact) mass is 712 g/mol. The van der Waals surface area contributed by atoms with Gasteiger partial charge in [-0.25, -0.2) is 4.79 Å². The van der Waals surface area contributed by atoms with E-state index in [1.807, 2.05) is 79.2 Å². The highest BCUT2D eigenvalue weighted by Gasteiger charge is 2.30. The van der Waals surface area contributed by atoms with Gasteiger partial charge in [-0.15, -0.1) is 0 Å². The number of benzene rings is 1. The molecule has 0 saturated carbocycles. The smallest absolute Gasteiger partial charge is 0.408 e. The molecule has 0 radical (unpaired) electrons. The molecule has 0 aromatic heterocycles. The SMILES string of the molecule is CC[C@H](C)[C@H](NC(=O)C[C@H](O)[C@H](CC(C)C)NC(=O)CNC(=O)[C@H](Cc1ccccc1)NC(=O)OC(C)(C)C)C(=O)NCC[N+](C)(C)C.[Cl-]. The second-order valence-corrected chi connectivity index (χ2v) is 14.9. The summed E-state index contributed by atoms with van der Waals surface area (Å²) >= 11 is 0. The fourth-order valence-corrected chi connectivity index (χ4v) is 4.77. The van der Waals surface area contributed by atoms with Crippen molar-refractivity contribution < 1.29 is 50.7 Å². The van der Waals surface area contributed by atoms with Gasteiger partial charge in [-0.1, -0.05) is 64.4 Å². The maximum absolute atomic E-state index is 13.2. The number of carbonyl (C=O) groups is 5. The first kappa shape index (κ1) is 45.6. The number of aliphatic hydroxyl groups is 1. The Balaban J connectivity index is 0.0000230. The molecule has 0 heterocycles. The molecule has 5 atom stereocenters. The summed E-state index contributed by atoms with van der Waals surface area (Å²) in [6.07, 6.45) is -1.15. The number of alkyl carbamates (subject to hydrolysis) is 1. The van der Waals surface area contributed by atoms with Gasteiger partial charge in [-0.3, -0.25) is 19.2 Å². The summed E-state index contributed by atoms with van der Waals surface area (Å²) in [7, 11) is 6.07. The van der Waals surface area contributed by atoms with E-state index in [-0.39, 0.29) is 43.0 Å². The number of halogens is 1. The molecule has 0 saturated heterocycles. The van der Waals surface area contributed by atoms with E-state index in [2.05, 4.69) is 26.6 Å². The summed E-state index contributed by atoms with van der Waals surface area (Å²) in [5.41, 5.74) is 0.0299. The summed E-state index contributed by atoms with van der Waals surface area (Å²) < 4.78 is 6.00. The Labute approximate surface area is 299 Å². The molecule has 0 spiro atoms. The van der Waals surface area contributed by atoms with Crippen molar-refractivity contribution in [2.75, 3.05) is 40.8 Å². The molecule has 0 bridgehead atoms. The zero-order chi connectivity index (χ0) is 36.7. The molecule has 1 aromatic carbocycles. The Bertz CT molecular complexity index is 1190. The van der Waals surface area contributed by atoms with Gasteiger partial charge in [0.25, 0.3) is 0 Å². The van der Waals surface area contributed by atoms with Crippen LogP contribution in [0.15, 0.2) is 30.3 Å². The van der Waals surface area contributed by atoms with E-state index in [9.17, 15) is 29.1 Å². The van der Waals surface area contributed by atoms with Crippen molar-refractivity contribution >= 4 is 29.7 Å². The third kappa shape index (κ3) is 20.0. The fourth-order valence-electron chi connectivity index (χ4n) is 4.77. The fraction of sp³-hybridized carbons (Fsp3) is 0.686. The van der Waals surface area contributed by atoms with Crippen LogP contribution in [0.25, 0.3) is 0 Å². The van der Waals surface area contributed by atoms with E-state index >= 15 is 0 Å². The van der Waals surface area contributed by atoms with Gasteiger partial charge in [0.15, 0.2) is 0 Å². The van der Waals surface area contributed by atoms with Gasteiger partial charge in [0.05, 0.1) is 59.3 Å². The molecular formula is C35H61ClN6O7. The van der Waals surface area contributed by atoms with Crippen LogP contribution in [0.2, 0.25) is 0 Å². The molecule has 6 N–H and O–H groups in total. The van der Waals surface area contributed by atoms with Crippen LogP contribution in [0.1, 0.15) is 73.3 Å². The average molecular weight is 713 g/mol. The third-order valence-corrected chi connectivity index (χ3v) is 7.54. The van der Waals surface area contributed by atoms with Gasteiger partial charge < -0.3 is 53.3 Å². The molecule has 0 unspecified atom stereocenters. The first-order valence-corrected chi connectivity index (χ1v) is 16.9. The minimum atomic E-state index is -1.24. The first-order chi connectivity index (χ1) is 22.2. The number of hydrogen-bond donors (Lipinski definition) is 6. The lowest BCUT2D eigenvalue weighted by Gasteiger charge is -2.28. The van der Waals surface area contributed by atoms with E-state index in [1.165, 1.54) is 0 Å². The van der Waals surface area contributed by atoms with Crippen molar-refractivity contribution in [2.24, 2.45) is 11.8 Å². The lowest BCUT2D eigenvalue weighted by molar-refractivity contribution is -0.869. The van der Waals surface area contributed by atoms with E-state index < -0.39 is 60.2 Å². The van der Waals surface area contributed by atoms with Gasteiger partial charge in [-0.2, -0.15) is 0 Å². The molecule has 5 amide bonds. The lowest BCUT2D eigenvalue weighted by Crippen LogP contribution is -3.00. The molecule has 0 fully saturated rings. The molecular weight excluding hydrogens is 652 g/mol. The van der Waals surface area contributed by atoms with Crippen molar-refractivity contribution in [2.45, 2.75) is 104 Å². The van der Waals surface area contributed by atoms with Crippen molar-refractivity contribution in [3.63, 3.8) is 0 Å². The van der Waals surface area contributed by atoms with Crippen LogP contribution >= 0.6 is 0 Å². The molecule has 0 aliphatic carbocycles. The van der Waals surface area contributed by atoms with E-state index in [0.717, 1.165) is 12.1 Å². The Morgan fingerprint density at radius 3 is 2.02 bits per heavy atom. The largest absolute Gasteiger partial charge is 1.00 e. The van der Waals surface area contributed by atoms with Crippen LogP contribution in [0.3, 0.4) is 0 Å². The Kier molecular flexibility index (Phi) is 20.1. The van der Waals surface area contributed by atoms with Crippen LogP contribution in [-0.2, 0) is 30.3 Å². The number of carbonyl (C=O) groups excluding carboxylic acids is 5. The van der Waals surface area contributed by atoms with E-state index in [0.29, 0.717) is 23.9 Å². The zero-order valence-corrected chi connectivity index (χ0v) is 31.8. The van der Waals surface area contributed by atoms with Crippen molar-refractivity contribution in [1.82, 2.24) is 26.6 Å². The van der Waals surface area contributed by atoms with Crippen molar-refractivity contribution in [3.8, 4) is 0 Å². The van der Waals surface area contributed by atoms with Crippen LogP contribution in [0, 0.1) is 11.8 Å². The Morgan fingerprint density at radius 1 is 0.878 bits per heavy atom. The highest BCUT2D eigenvalue weighted by Crippen LogP contribution is 2.14. The van der Waals surface area contributed by atoms with E-state index in [4.69, 9.17) is 4.74 Å². The Morgan fingerprint density at radius 2 is 1.49 bits per heavy atom. The predicted octanol–water partition coefficient (Wildman–Crippen LogP) is -1.12. The van der Waals surface area contributed by atoms with Gasteiger partial charge in [-0.05, 0) is 44.6 Å². The highest BCUT2D eigenvalue weighted by molar-refractivity contribution is 5.90. The number of ether oxygens (including phenoxy) is 1. The number of amides is 5. The number of nitrogens with one attached hydrogen (secondary N) is 5. The second-order valence-electron chi connectivity index (χ2n) is 14.9. The number of likely N-dealkylation sites (N-methyl/N-ethyl adjacent to an activating group) is 1. The molecule has 0 aliphatic rings. The number of hydrogen-bond acceptors (Lipinski definition) is 7. The summed E-state index contributed by atoms with van der Waals surface area (Å²) in [5, 5.41) is 24.6. The van der Waals surface area contributed by atoms with Crippen LogP contribution in [-0.4, -0.2) is 110 Å². The minimum absolute atomic E-state index is 0. The topological polar surface area (TPSA) is 175 Å². The minimum Gasteiger partial charge on any atom is -1.00 e. The van der Waals surface area contributed by atoms with E-state index in [1.54, 1.807) is 20.8 Å². The summed E-state index contributed by atoms with van der Waals surface area (Å²) in [5.74, 6) is -2.02. The van der Waals surface area contributed by atoms with Crippen molar-refractivity contribution in [3.05, 3.63) is 35.9 Å². The maximum Gasteiger partial charge on any atom is 0.408 e. The maximum atomic E-state index is 13.2. The van der Waals surface area contributed by atoms with Gasteiger partial charge in [0.1, 0.15) is 17.7 Å². The van der Waals surface area contributed by atoms with Crippen molar-refractivity contribution in [1.29, 1.82) is 0 Å².